The van der Waals surface area contributed by atoms with Crippen LogP contribution in [0.3, 0.4) is 0 Å². The number of ketones is 1. The number of Topliss-reactive ketones (excluding diaryl/α,β-unsaturated/α-hetero) is 1. The van der Waals surface area contributed by atoms with E-state index >= 15 is 0 Å². The molecule has 104 valence electrons. The Morgan fingerprint density at radius 2 is 2.17 bits per heavy atom. The average Bonchev–Trinajstić information content (AvgIpc) is 2.32. The van der Waals surface area contributed by atoms with Crippen LogP contribution in [0, 0.1) is 11.3 Å². The highest BCUT2D eigenvalue weighted by Gasteiger charge is 2.58. The van der Waals surface area contributed by atoms with Crippen LogP contribution >= 0.6 is 0 Å². The van der Waals surface area contributed by atoms with Crippen LogP contribution in [0.15, 0.2) is 0 Å². The number of hydrogen-bond acceptors (Lipinski definition) is 4. The Balaban J connectivity index is 2.37. The van der Waals surface area contributed by atoms with Gasteiger partial charge in [-0.2, -0.15) is 0 Å². The molecule has 0 spiro atoms. The van der Waals surface area contributed by atoms with E-state index in [-0.39, 0.29) is 23.7 Å². The molecule has 3 rings (SSSR count). The van der Waals surface area contributed by atoms with Gasteiger partial charge >= 0.3 is 0 Å². The Kier molecular flexibility index (Phi) is 3.56. The van der Waals surface area contributed by atoms with Gasteiger partial charge in [0.25, 0.3) is 0 Å². The zero-order valence-electron chi connectivity index (χ0n) is 11.9. The highest BCUT2D eigenvalue weighted by atomic mass is 16.5. The topological polar surface area (TPSA) is 49.8 Å². The highest BCUT2D eigenvalue weighted by Crippen LogP contribution is 2.45. The molecule has 1 N–H and O–H groups in total. The Morgan fingerprint density at radius 1 is 1.50 bits per heavy atom. The van der Waals surface area contributed by atoms with Gasteiger partial charge in [-0.15, -0.1) is 0 Å². The minimum absolute atomic E-state index is 0.0986. The fourth-order valence-corrected chi connectivity index (χ4v) is 3.67. The summed E-state index contributed by atoms with van der Waals surface area (Å²) < 4.78 is 5.24. The quantitative estimate of drug-likeness (QED) is 0.819. The predicted octanol–water partition coefficient (Wildman–Crippen LogP) is 1.07. The van der Waals surface area contributed by atoms with Gasteiger partial charge in [-0.05, 0) is 18.3 Å². The summed E-state index contributed by atoms with van der Waals surface area (Å²) in [5.41, 5.74) is -0.679. The summed E-state index contributed by atoms with van der Waals surface area (Å²) in [7, 11) is 1.60. The molecule has 4 nitrogen and oxygen atoms in total. The molecule has 4 heteroatoms. The van der Waals surface area contributed by atoms with Crippen molar-refractivity contribution in [1.82, 2.24) is 4.90 Å². The van der Waals surface area contributed by atoms with E-state index in [2.05, 4.69) is 25.7 Å². The van der Waals surface area contributed by atoms with E-state index in [4.69, 9.17) is 4.74 Å². The van der Waals surface area contributed by atoms with Crippen molar-refractivity contribution in [3.05, 3.63) is 0 Å². The summed E-state index contributed by atoms with van der Waals surface area (Å²) in [5.74, 6) is 0.278. The third-order valence-electron chi connectivity index (χ3n) is 4.63. The molecule has 0 amide bonds. The molecule has 3 aliphatic rings. The number of aliphatic hydroxyl groups is 1. The first-order chi connectivity index (χ1) is 8.36. The van der Waals surface area contributed by atoms with Crippen molar-refractivity contribution in [3.8, 4) is 0 Å². The first-order valence-corrected chi connectivity index (χ1v) is 6.77. The Morgan fingerprint density at radius 3 is 2.67 bits per heavy atom. The van der Waals surface area contributed by atoms with E-state index in [0.717, 1.165) is 19.4 Å². The smallest absolute Gasteiger partial charge is 0.161 e. The number of methoxy groups -OCH3 is 1. The van der Waals surface area contributed by atoms with Gasteiger partial charge < -0.3 is 9.84 Å². The van der Waals surface area contributed by atoms with Crippen molar-refractivity contribution >= 4 is 5.78 Å². The summed E-state index contributed by atoms with van der Waals surface area (Å²) in [6.07, 6.45) is 1.85. The van der Waals surface area contributed by atoms with E-state index in [1.165, 1.54) is 0 Å². The fraction of sp³-hybridized carbons (Fsp3) is 0.929. The number of rotatable bonds is 3. The molecule has 3 aliphatic heterocycles. The van der Waals surface area contributed by atoms with Crippen molar-refractivity contribution in [2.24, 2.45) is 11.3 Å². The van der Waals surface area contributed by atoms with Crippen molar-refractivity contribution in [1.29, 1.82) is 0 Å². The van der Waals surface area contributed by atoms with Gasteiger partial charge in [0.2, 0.25) is 0 Å². The second-order valence-corrected chi connectivity index (χ2v) is 6.78. The zero-order valence-corrected chi connectivity index (χ0v) is 11.9. The van der Waals surface area contributed by atoms with Crippen molar-refractivity contribution in [2.75, 3.05) is 26.9 Å². The second kappa shape index (κ2) is 4.58. The number of carbonyl (C=O) groups excluding carboxylic acids is 1. The predicted molar refractivity (Wildman–Crippen MR) is 69.4 cm³/mol. The molecule has 0 aliphatic carbocycles. The number of aliphatic hydroxyl groups excluding tert-OH is 1. The Bertz CT molecular complexity index is 336. The third-order valence-corrected chi connectivity index (χ3v) is 4.63. The number of nitrogens with zero attached hydrogens (tertiary/aromatic N) is 1. The average molecular weight is 255 g/mol. The molecule has 0 radical (unpaired) electrons. The zero-order chi connectivity index (χ0) is 13.6. The van der Waals surface area contributed by atoms with Crippen LogP contribution in [0.5, 0.6) is 0 Å². The number of hydrogen-bond donors (Lipinski definition) is 1. The van der Waals surface area contributed by atoms with Gasteiger partial charge in [0.15, 0.2) is 5.78 Å². The Hall–Kier alpha value is -0.450. The lowest BCUT2D eigenvalue weighted by atomic mass is 9.65. The molecular formula is C14H25NO3. The summed E-state index contributed by atoms with van der Waals surface area (Å²) >= 11 is 0. The van der Waals surface area contributed by atoms with Gasteiger partial charge in [-0.3, -0.25) is 9.69 Å². The van der Waals surface area contributed by atoms with Gasteiger partial charge in [0, 0.05) is 25.6 Å². The summed E-state index contributed by atoms with van der Waals surface area (Å²) in [6.45, 7) is 7.67. The standard InChI is InChI=1S/C14H25NO3/c1-13(2,3)11-7-10-5-6-15(11)14(8-16,9-18-4)12(10)17/h10-11,16H,5-9H2,1-4H3/t10-,11-,14+/m1/s1. The monoisotopic (exact) mass is 255 g/mol. The van der Waals surface area contributed by atoms with Crippen molar-refractivity contribution < 1.29 is 14.6 Å². The van der Waals surface area contributed by atoms with E-state index in [1.54, 1.807) is 7.11 Å². The largest absolute Gasteiger partial charge is 0.394 e. The molecule has 0 aromatic rings. The minimum Gasteiger partial charge on any atom is -0.394 e. The molecule has 0 aromatic heterocycles. The van der Waals surface area contributed by atoms with Crippen LogP contribution in [-0.4, -0.2) is 54.2 Å². The molecular weight excluding hydrogens is 230 g/mol. The number of ether oxygens (including phenoxy) is 1. The number of carbonyl (C=O) groups is 1. The Labute approximate surface area is 109 Å². The summed E-state index contributed by atoms with van der Waals surface area (Å²) in [4.78, 5) is 14.7. The highest BCUT2D eigenvalue weighted by molar-refractivity contribution is 5.92. The molecule has 2 bridgehead atoms. The van der Waals surface area contributed by atoms with Crippen LogP contribution in [-0.2, 0) is 9.53 Å². The van der Waals surface area contributed by atoms with E-state index in [1.807, 2.05) is 0 Å². The number of fused-ring (bicyclic) bond motifs is 3. The normalized spacial score (nSPS) is 40.3. The van der Waals surface area contributed by atoms with E-state index < -0.39 is 5.54 Å². The second-order valence-electron chi connectivity index (χ2n) is 6.78. The molecule has 3 saturated heterocycles. The van der Waals surface area contributed by atoms with Gasteiger partial charge in [-0.25, -0.2) is 0 Å². The van der Waals surface area contributed by atoms with E-state index in [9.17, 15) is 9.90 Å². The first kappa shape index (κ1) is 14.0. The third kappa shape index (κ3) is 1.91. The lowest BCUT2D eigenvalue weighted by Gasteiger charge is -2.59. The molecule has 3 heterocycles. The fourth-order valence-electron chi connectivity index (χ4n) is 3.67. The minimum atomic E-state index is -0.798. The maximum atomic E-state index is 12.5. The van der Waals surface area contributed by atoms with Crippen LogP contribution in [0.4, 0.5) is 0 Å². The maximum absolute atomic E-state index is 12.5. The molecule has 3 fully saturated rings. The van der Waals surface area contributed by atoms with Crippen molar-refractivity contribution in [3.63, 3.8) is 0 Å². The summed E-state index contributed by atoms with van der Waals surface area (Å²) in [5, 5.41) is 9.81. The molecule has 4 atom stereocenters. The first-order valence-electron chi connectivity index (χ1n) is 6.77. The van der Waals surface area contributed by atoms with E-state index in [0.29, 0.717) is 12.6 Å². The van der Waals surface area contributed by atoms with Gasteiger partial charge in [-0.1, -0.05) is 20.8 Å². The summed E-state index contributed by atoms with van der Waals surface area (Å²) in [6, 6.07) is 0.344. The lowest BCUT2D eigenvalue weighted by Crippen LogP contribution is -2.73. The molecule has 1 unspecified atom stereocenters. The maximum Gasteiger partial charge on any atom is 0.161 e. The molecule has 0 aromatic carbocycles. The molecule has 18 heavy (non-hydrogen) atoms. The SMILES string of the molecule is COC[C@@]1(CO)C(=O)[C@@H]2CCN1[C@@H](C(C)(C)C)C2. The van der Waals surface area contributed by atoms with Crippen LogP contribution < -0.4 is 0 Å². The van der Waals surface area contributed by atoms with Crippen molar-refractivity contribution in [2.45, 2.75) is 45.2 Å². The van der Waals surface area contributed by atoms with Gasteiger partial charge in [0.05, 0.1) is 13.2 Å². The number of piperidine rings is 3. The van der Waals surface area contributed by atoms with Gasteiger partial charge in [0.1, 0.15) is 5.54 Å². The van der Waals surface area contributed by atoms with Crippen LogP contribution in [0.25, 0.3) is 0 Å². The van der Waals surface area contributed by atoms with Crippen LogP contribution in [0.2, 0.25) is 0 Å². The van der Waals surface area contributed by atoms with Crippen LogP contribution in [0.1, 0.15) is 33.6 Å². The lowest BCUT2D eigenvalue weighted by molar-refractivity contribution is -0.173. The molecule has 0 saturated carbocycles.